The lowest BCUT2D eigenvalue weighted by molar-refractivity contribution is 0.667. The van der Waals surface area contributed by atoms with Gasteiger partial charge in [-0.1, -0.05) is 68.7 Å². The molecule has 0 aliphatic heterocycles. The third-order valence-corrected chi connectivity index (χ3v) is 7.22. The average molecular weight is 408 g/mol. The van der Waals surface area contributed by atoms with E-state index in [0.717, 1.165) is 12.8 Å². The fraction of sp³-hybridized carbons (Fsp3) is 0.333. The predicted octanol–water partition coefficient (Wildman–Crippen LogP) is 8.29. The standard InChI is InChI=1S/C30H33N/c1-4-5-6-7-8-22-10-16-25(17-11-22)31(3)28-20-15-24-13-18-26-21(2)9-12-23-14-19-27(28)30(24)29(23)26/h9-12,14-17,19-20H,4-8,13,18H2,1-3H3. The second-order valence-electron chi connectivity index (χ2n) is 9.23. The number of nitrogens with zero attached hydrogens (tertiary/aromatic N) is 1. The second-order valence-corrected chi connectivity index (χ2v) is 9.23. The molecule has 4 aromatic carbocycles. The van der Waals surface area contributed by atoms with Crippen molar-refractivity contribution in [3.63, 3.8) is 0 Å². The number of benzene rings is 4. The Kier molecular flexibility index (Phi) is 5.44. The fourth-order valence-corrected chi connectivity index (χ4v) is 5.36. The van der Waals surface area contributed by atoms with Crippen molar-refractivity contribution in [2.75, 3.05) is 11.9 Å². The number of aryl methyl sites for hydroxylation is 4. The molecule has 0 saturated carbocycles. The van der Waals surface area contributed by atoms with Crippen LogP contribution in [-0.4, -0.2) is 7.05 Å². The molecule has 158 valence electrons. The summed E-state index contributed by atoms with van der Waals surface area (Å²) in [4.78, 5) is 2.36. The summed E-state index contributed by atoms with van der Waals surface area (Å²) in [6.45, 7) is 4.53. The van der Waals surface area contributed by atoms with Crippen LogP contribution in [0.4, 0.5) is 11.4 Å². The topological polar surface area (TPSA) is 3.24 Å². The molecule has 0 aromatic heterocycles. The summed E-state index contributed by atoms with van der Waals surface area (Å²) in [5, 5.41) is 5.71. The molecule has 1 aliphatic carbocycles. The van der Waals surface area contributed by atoms with Crippen molar-refractivity contribution in [3.8, 4) is 0 Å². The Morgan fingerprint density at radius 3 is 2.39 bits per heavy atom. The third-order valence-electron chi connectivity index (χ3n) is 7.22. The second kappa shape index (κ2) is 8.38. The van der Waals surface area contributed by atoms with Crippen molar-refractivity contribution < 1.29 is 0 Å². The van der Waals surface area contributed by atoms with E-state index in [9.17, 15) is 0 Å². The van der Waals surface area contributed by atoms with Crippen LogP contribution in [0.1, 0.15) is 54.9 Å². The molecule has 1 nitrogen and oxygen atoms in total. The van der Waals surface area contributed by atoms with Crippen molar-refractivity contribution in [2.24, 2.45) is 0 Å². The summed E-state index contributed by atoms with van der Waals surface area (Å²) >= 11 is 0. The van der Waals surface area contributed by atoms with Gasteiger partial charge in [0.15, 0.2) is 0 Å². The summed E-state index contributed by atoms with van der Waals surface area (Å²) in [5.41, 5.74) is 8.48. The van der Waals surface area contributed by atoms with E-state index >= 15 is 0 Å². The van der Waals surface area contributed by atoms with Gasteiger partial charge in [0.05, 0.1) is 0 Å². The van der Waals surface area contributed by atoms with Gasteiger partial charge in [-0.15, -0.1) is 0 Å². The normalized spacial score (nSPS) is 12.7. The number of rotatable bonds is 7. The number of anilines is 2. The highest BCUT2D eigenvalue weighted by Crippen LogP contribution is 2.41. The Hall–Kier alpha value is -2.80. The van der Waals surface area contributed by atoms with Gasteiger partial charge >= 0.3 is 0 Å². The molecule has 5 rings (SSSR count). The third kappa shape index (κ3) is 3.61. The molecule has 0 N–H and O–H groups in total. The average Bonchev–Trinajstić information content (AvgIpc) is 2.81. The highest BCUT2D eigenvalue weighted by atomic mass is 15.1. The summed E-state index contributed by atoms with van der Waals surface area (Å²) in [6, 6.07) is 23.1. The summed E-state index contributed by atoms with van der Waals surface area (Å²) < 4.78 is 0. The molecule has 0 bridgehead atoms. The predicted molar refractivity (Wildman–Crippen MR) is 136 cm³/mol. The van der Waals surface area contributed by atoms with E-state index in [2.05, 4.69) is 86.5 Å². The molecule has 0 heterocycles. The largest absolute Gasteiger partial charge is 0.344 e. The minimum Gasteiger partial charge on any atom is -0.344 e. The van der Waals surface area contributed by atoms with Crippen molar-refractivity contribution in [3.05, 3.63) is 82.9 Å². The van der Waals surface area contributed by atoms with Gasteiger partial charge in [-0.3, -0.25) is 0 Å². The van der Waals surface area contributed by atoms with E-state index in [1.807, 2.05) is 0 Å². The Morgan fingerprint density at radius 1 is 0.774 bits per heavy atom. The van der Waals surface area contributed by atoms with Crippen LogP contribution in [0.3, 0.4) is 0 Å². The van der Waals surface area contributed by atoms with Crippen LogP contribution < -0.4 is 4.90 Å². The van der Waals surface area contributed by atoms with Crippen molar-refractivity contribution in [1.82, 2.24) is 0 Å². The molecule has 0 amide bonds. The first-order chi connectivity index (χ1) is 15.2. The van der Waals surface area contributed by atoms with Crippen LogP contribution in [0, 0.1) is 6.92 Å². The summed E-state index contributed by atoms with van der Waals surface area (Å²) in [6.07, 6.45) is 8.77. The molecular formula is C30H33N. The maximum absolute atomic E-state index is 2.36. The van der Waals surface area contributed by atoms with Gasteiger partial charge in [0, 0.05) is 23.8 Å². The van der Waals surface area contributed by atoms with E-state index in [4.69, 9.17) is 0 Å². The van der Waals surface area contributed by atoms with Crippen molar-refractivity contribution in [2.45, 2.75) is 58.8 Å². The maximum Gasteiger partial charge on any atom is 0.0488 e. The Bertz CT molecular complexity index is 1230. The number of unbranched alkanes of at least 4 members (excludes halogenated alkanes) is 3. The van der Waals surface area contributed by atoms with E-state index in [1.165, 1.54) is 81.7 Å². The minimum atomic E-state index is 1.14. The summed E-state index contributed by atoms with van der Waals surface area (Å²) in [7, 11) is 2.21. The molecule has 0 saturated heterocycles. The molecule has 1 aliphatic rings. The van der Waals surface area contributed by atoms with E-state index < -0.39 is 0 Å². The molecule has 1 heteroatoms. The zero-order valence-electron chi connectivity index (χ0n) is 19.2. The summed E-state index contributed by atoms with van der Waals surface area (Å²) in [5.74, 6) is 0. The monoisotopic (exact) mass is 407 g/mol. The van der Waals surface area contributed by atoms with Crippen LogP contribution in [0.2, 0.25) is 0 Å². The first kappa shape index (κ1) is 20.1. The van der Waals surface area contributed by atoms with Gasteiger partial charge in [-0.25, -0.2) is 0 Å². The first-order valence-corrected chi connectivity index (χ1v) is 12.0. The Balaban J connectivity index is 1.52. The van der Waals surface area contributed by atoms with Crippen LogP contribution in [0.5, 0.6) is 0 Å². The van der Waals surface area contributed by atoms with Crippen molar-refractivity contribution in [1.29, 1.82) is 0 Å². The first-order valence-electron chi connectivity index (χ1n) is 12.0. The van der Waals surface area contributed by atoms with E-state index in [-0.39, 0.29) is 0 Å². The van der Waals surface area contributed by atoms with Crippen LogP contribution in [-0.2, 0) is 19.3 Å². The van der Waals surface area contributed by atoms with Gasteiger partial charge in [0.25, 0.3) is 0 Å². The van der Waals surface area contributed by atoms with Crippen LogP contribution in [0.15, 0.2) is 60.7 Å². The Morgan fingerprint density at radius 2 is 1.58 bits per heavy atom. The number of hydrogen-bond donors (Lipinski definition) is 0. The van der Waals surface area contributed by atoms with Crippen molar-refractivity contribution >= 4 is 32.9 Å². The molecule has 0 unspecified atom stereocenters. The highest BCUT2D eigenvalue weighted by Gasteiger charge is 2.19. The van der Waals surface area contributed by atoms with Crippen LogP contribution >= 0.6 is 0 Å². The smallest absolute Gasteiger partial charge is 0.0488 e. The van der Waals surface area contributed by atoms with Gasteiger partial charge in [-0.05, 0) is 89.2 Å². The lowest BCUT2D eigenvalue weighted by Gasteiger charge is -2.26. The fourth-order valence-electron chi connectivity index (χ4n) is 5.36. The maximum atomic E-state index is 2.36. The SMILES string of the molecule is CCCCCCc1ccc(N(C)c2ccc3c4c2ccc2ccc(C)c(c24)CC3)cc1. The van der Waals surface area contributed by atoms with Gasteiger partial charge in [0.1, 0.15) is 0 Å². The zero-order valence-corrected chi connectivity index (χ0v) is 19.2. The van der Waals surface area contributed by atoms with Gasteiger partial charge < -0.3 is 4.90 Å². The molecule has 4 aromatic rings. The van der Waals surface area contributed by atoms with Gasteiger partial charge in [0.2, 0.25) is 0 Å². The van der Waals surface area contributed by atoms with E-state index in [1.54, 1.807) is 5.56 Å². The number of hydrogen-bond acceptors (Lipinski definition) is 1. The molecule has 0 atom stereocenters. The Labute approximate surface area is 186 Å². The molecule has 0 radical (unpaired) electrons. The highest BCUT2D eigenvalue weighted by molar-refractivity contribution is 6.15. The zero-order chi connectivity index (χ0) is 21.4. The lowest BCUT2D eigenvalue weighted by atomic mass is 9.83. The quantitative estimate of drug-likeness (QED) is 0.220. The van der Waals surface area contributed by atoms with Crippen LogP contribution in [0.25, 0.3) is 21.5 Å². The van der Waals surface area contributed by atoms with Gasteiger partial charge in [-0.2, -0.15) is 0 Å². The molecule has 31 heavy (non-hydrogen) atoms. The lowest BCUT2D eigenvalue weighted by Crippen LogP contribution is -2.11. The minimum absolute atomic E-state index is 1.14. The molecule has 0 fully saturated rings. The van der Waals surface area contributed by atoms with E-state index in [0.29, 0.717) is 0 Å². The molecule has 0 spiro atoms. The molecular weight excluding hydrogens is 374 g/mol.